The lowest BCUT2D eigenvalue weighted by Crippen LogP contribution is -2.35. The molecular formula is C16H13Cl2NO3. The van der Waals surface area contributed by atoms with E-state index < -0.39 is 22.8 Å². The molecule has 0 aromatic heterocycles. The largest absolute Gasteiger partial charge is 0.465 e. The van der Waals surface area contributed by atoms with Crippen LogP contribution in [0.4, 0.5) is 4.79 Å². The van der Waals surface area contributed by atoms with Crippen molar-refractivity contribution in [2.45, 2.75) is 10.9 Å². The number of halogens is 2. The Balaban J connectivity index is 2.52. The van der Waals surface area contributed by atoms with Crippen LogP contribution in [0.2, 0.25) is 0 Å². The van der Waals surface area contributed by atoms with E-state index in [-0.39, 0.29) is 0 Å². The van der Waals surface area contributed by atoms with Crippen LogP contribution in [0.15, 0.2) is 54.6 Å². The highest BCUT2D eigenvalue weighted by Crippen LogP contribution is 2.30. The summed E-state index contributed by atoms with van der Waals surface area (Å²) in [6, 6.07) is 15.2. The second-order valence-electron chi connectivity index (χ2n) is 4.54. The standard InChI is InChI=1S/C16H13Cl2NO3/c17-15(18)14(20)13(19-16(21)22)12-9-5-4-8-11(12)10-6-2-1-3-7-10/h1-9,13,15,19H,(H,21,22)/t13-/m1/s1. The summed E-state index contributed by atoms with van der Waals surface area (Å²) in [5.41, 5.74) is 2.11. The van der Waals surface area contributed by atoms with Gasteiger partial charge >= 0.3 is 6.09 Å². The number of ketones is 1. The summed E-state index contributed by atoms with van der Waals surface area (Å²) in [6.07, 6.45) is -1.32. The van der Waals surface area contributed by atoms with Crippen LogP contribution in [-0.2, 0) is 4.79 Å². The quantitative estimate of drug-likeness (QED) is 0.809. The zero-order chi connectivity index (χ0) is 16.1. The topological polar surface area (TPSA) is 66.4 Å². The lowest BCUT2D eigenvalue weighted by Gasteiger charge is -2.20. The van der Waals surface area contributed by atoms with Gasteiger partial charge in [-0.15, -0.1) is 0 Å². The minimum atomic E-state index is -1.32. The first-order valence-corrected chi connectivity index (χ1v) is 7.33. The molecule has 2 aromatic rings. The maximum atomic E-state index is 12.2. The summed E-state index contributed by atoms with van der Waals surface area (Å²) in [5.74, 6) is -0.617. The summed E-state index contributed by atoms with van der Waals surface area (Å²) < 4.78 is 0. The summed E-state index contributed by atoms with van der Waals surface area (Å²) in [4.78, 5) is 21.9. The van der Waals surface area contributed by atoms with Crippen LogP contribution in [0.25, 0.3) is 11.1 Å². The highest BCUT2D eigenvalue weighted by molar-refractivity contribution is 6.54. The van der Waals surface area contributed by atoms with Gasteiger partial charge in [-0.3, -0.25) is 4.79 Å². The molecule has 2 aromatic carbocycles. The van der Waals surface area contributed by atoms with Gasteiger partial charge in [0, 0.05) is 0 Å². The molecule has 0 saturated carbocycles. The number of hydrogen-bond acceptors (Lipinski definition) is 2. The van der Waals surface area contributed by atoms with Gasteiger partial charge in [-0.1, -0.05) is 77.8 Å². The second-order valence-corrected chi connectivity index (χ2v) is 5.64. The normalized spacial score (nSPS) is 12.0. The number of Topliss-reactive ketones (excluding diaryl/α,β-unsaturated/α-hetero) is 1. The minimum absolute atomic E-state index is 0.507. The smallest absolute Gasteiger partial charge is 0.405 e. The number of hydrogen-bond donors (Lipinski definition) is 2. The molecule has 0 fully saturated rings. The van der Waals surface area contributed by atoms with Crippen LogP contribution in [0.3, 0.4) is 0 Å². The van der Waals surface area contributed by atoms with E-state index in [4.69, 9.17) is 28.3 Å². The van der Waals surface area contributed by atoms with E-state index >= 15 is 0 Å². The number of nitrogens with one attached hydrogen (secondary N) is 1. The van der Waals surface area contributed by atoms with Gasteiger partial charge in [-0.2, -0.15) is 0 Å². The van der Waals surface area contributed by atoms with Crippen LogP contribution in [0, 0.1) is 0 Å². The Morgan fingerprint density at radius 3 is 2.14 bits per heavy atom. The molecule has 1 atom stereocenters. The molecule has 114 valence electrons. The van der Waals surface area contributed by atoms with Crippen molar-refractivity contribution in [2.24, 2.45) is 0 Å². The van der Waals surface area contributed by atoms with Gasteiger partial charge < -0.3 is 10.4 Å². The Kier molecular flexibility index (Phi) is 5.41. The zero-order valence-electron chi connectivity index (χ0n) is 11.4. The highest BCUT2D eigenvalue weighted by atomic mass is 35.5. The first-order chi connectivity index (χ1) is 10.5. The van der Waals surface area contributed by atoms with Crippen LogP contribution < -0.4 is 5.32 Å². The van der Waals surface area contributed by atoms with Gasteiger partial charge in [0.2, 0.25) is 0 Å². The third-order valence-corrected chi connectivity index (χ3v) is 3.55. The maximum Gasteiger partial charge on any atom is 0.405 e. The molecule has 2 N–H and O–H groups in total. The SMILES string of the molecule is O=C(O)N[C@@H](C(=O)C(Cl)Cl)c1ccccc1-c1ccccc1. The summed E-state index contributed by atoms with van der Waals surface area (Å²) in [6.45, 7) is 0. The van der Waals surface area contributed by atoms with Crippen LogP contribution in [-0.4, -0.2) is 21.8 Å². The molecule has 6 heteroatoms. The van der Waals surface area contributed by atoms with E-state index in [0.29, 0.717) is 5.56 Å². The molecule has 1 amide bonds. The first kappa shape index (κ1) is 16.3. The van der Waals surface area contributed by atoms with Gasteiger partial charge in [-0.05, 0) is 16.7 Å². The molecule has 0 radical (unpaired) electrons. The monoisotopic (exact) mass is 337 g/mol. The average molecular weight is 338 g/mol. The molecule has 22 heavy (non-hydrogen) atoms. The average Bonchev–Trinajstić information content (AvgIpc) is 2.52. The molecule has 0 saturated heterocycles. The fourth-order valence-electron chi connectivity index (χ4n) is 2.18. The van der Waals surface area contributed by atoms with Crippen molar-refractivity contribution in [3.05, 3.63) is 60.2 Å². The lowest BCUT2D eigenvalue weighted by atomic mass is 9.93. The number of carbonyl (C=O) groups is 2. The van der Waals surface area contributed by atoms with Crippen molar-refractivity contribution in [3.63, 3.8) is 0 Å². The predicted octanol–water partition coefficient (Wildman–Crippen LogP) is 4.04. The summed E-state index contributed by atoms with van der Waals surface area (Å²) >= 11 is 11.3. The highest BCUT2D eigenvalue weighted by Gasteiger charge is 2.29. The van der Waals surface area contributed by atoms with Gasteiger partial charge in [0.25, 0.3) is 0 Å². The molecule has 0 aliphatic rings. The van der Waals surface area contributed by atoms with E-state index in [1.807, 2.05) is 42.5 Å². The molecule has 2 rings (SSSR count). The van der Waals surface area contributed by atoms with Gasteiger partial charge in [0.05, 0.1) is 0 Å². The second kappa shape index (κ2) is 7.29. The molecule has 0 aliphatic heterocycles. The Morgan fingerprint density at radius 2 is 1.55 bits per heavy atom. The third-order valence-electron chi connectivity index (χ3n) is 3.12. The van der Waals surface area contributed by atoms with Gasteiger partial charge in [-0.25, -0.2) is 4.79 Å². The van der Waals surface area contributed by atoms with E-state index in [0.717, 1.165) is 11.1 Å². The third kappa shape index (κ3) is 3.78. The fraction of sp³-hybridized carbons (Fsp3) is 0.125. The van der Waals surface area contributed by atoms with Crippen molar-refractivity contribution in [3.8, 4) is 11.1 Å². The zero-order valence-corrected chi connectivity index (χ0v) is 12.9. The summed E-state index contributed by atoms with van der Waals surface area (Å²) in [5, 5.41) is 11.2. The van der Waals surface area contributed by atoms with Crippen LogP contribution in [0.5, 0.6) is 0 Å². The summed E-state index contributed by atoms with van der Waals surface area (Å²) in [7, 11) is 0. The molecule has 0 bridgehead atoms. The van der Waals surface area contributed by atoms with Crippen molar-refractivity contribution in [2.75, 3.05) is 0 Å². The Hall–Kier alpha value is -2.04. The van der Waals surface area contributed by atoms with Crippen molar-refractivity contribution >= 4 is 35.1 Å². The van der Waals surface area contributed by atoms with Crippen molar-refractivity contribution in [1.29, 1.82) is 0 Å². The van der Waals surface area contributed by atoms with E-state index in [1.54, 1.807) is 12.1 Å². The molecule has 0 heterocycles. The Labute approximate surface area is 137 Å². The number of rotatable bonds is 5. The predicted molar refractivity (Wildman–Crippen MR) is 86.3 cm³/mol. The number of alkyl halides is 2. The number of carboxylic acid groups (broad SMARTS) is 1. The van der Waals surface area contributed by atoms with E-state index in [1.165, 1.54) is 0 Å². The molecule has 0 unspecified atom stereocenters. The molecule has 0 aliphatic carbocycles. The van der Waals surface area contributed by atoms with Crippen molar-refractivity contribution < 1.29 is 14.7 Å². The maximum absolute atomic E-state index is 12.2. The fourth-order valence-corrected chi connectivity index (χ4v) is 2.43. The van der Waals surface area contributed by atoms with E-state index in [2.05, 4.69) is 5.32 Å². The number of benzene rings is 2. The Morgan fingerprint density at radius 1 is 0.955 bits per heavy atom. The van der Waals surface area contributed by atoms with Crippen LogP contribution in [0.1, 0.15) is 11.6 Å². The molecular weight excluding hydrogens is 325 g/mol. The number of amides is 1. The number of carbonyl (C=O) groups excluding carboxylic acids is 1. The Bertz CT molecular complexity index is 674. The lowest BCUT2D eigenvalue weighted by molar-refractivity contribution is -0.119. The van der Waals surface area contributed by atoms with Crippen molar-refractivity contribution in [1.82, 2.24) is 5.32 Å². The van der Waals surface area contributed by atoms with Gasteiger partial charge in [0.1, 0.15) is 6.04 Å². The van der Waals surface area contributed by atoms with Gasteiger partial charge in [0.15, 0.2) is 10.6 Å². The first-order valence-electron chi connectivity index (χ1n) is 6.46. The minimum Gasteiger partial charge on any atom is -0.465 e. The van der Waals surface area contributed by atoms with E-state index in [9.17, 15) is 9.59 Å². The molecule has 4 nitrogen and oxygen atoms in total. The van der Waals surface area contributed by atoms with Crippen LogP contribution >= 0.6 is 23.2 Å². The molecule has 0 spiro atoms.